The molecule has 0 rings (SSSR count). The molecule has 0 nitrogen and oxygen atoms in total. The maximum Gasteiger partial charge on any atom is 2.00 e. The number of hydrogen-bond acceptors (Lipinski definition) is 0. The summed E-state index contributed by atoms with van der Waals surface area (Å²) in [5.41, 5.74) is 0. The zero-order valence-corrected chi connectivity index (χ0v) is 17.4. The Balaban J connectivity index is -0.00000112. The van der Waals surface area contributed by atoms with Gasteiger partial charge in [-0.25, -0.2) is 0 Å². The van der Waals surface area contributed by atoms with Gasteiger partial charge in [0.15, 0.2) is 0 Å². The molecule has 0 radical (unpaired) electrons. The van der Waals surface area contributed by atoms with E-state index in [1.54, 1.807) is 0 Å². The molecule has 0 aromatic heterocycles. The van der Waals surface area contributed by atoms with Crippen LogP contribution in [0.1, 0.15) is 90.9 Å². The van der Waals surface area contributed by atoms with E-state index in [0.717, 1.165) is 5.92 Å². The van der Waals surface area contributed by atoms with Crippen LogP contribution in [0.15, 0.2) is 0 Å². The summed E-state index contributed by atoms with van der Waals surface area (Å²) in [6, 6.07) is 0. The van der Waals surface area contributed by atoms with Crippen molar-refractivity contribution in [2.75, 3.05) is 0 Å². The van der Waals surface area contributed by atoms with Gasteiger partial charge in [0.1, 0.15) is 0 Å². The Morgan fingerprint density at radius 3 is 1.44 bits per heavy atom. The standard InChI is InChI=1S/C16H33.BrH.Zn/c1-4-6-8-10-11-13-15-16(3)14-12-9-7-5-2;;/h16H,3-15H2,1-2H3;1H;/q-1;;+2/p-1. The van der Waals surface area contributed by atoms with Crippen LogP contribution in [0.4, 0.5) is 0 Å². The number of rotatable bonds is 12. The number of halogens is 1. The van der Waals surface area contributed by atoms with Gasteiger partial charge in [-0.3, -0.25) is 0 Å². The van der Waals surface area contributed by atoms with Gasteiger partial charge < -0.3 is 23.9 Å². The minimum atomic E-state index is 0. The Labute approximate surface area is 140 Å². The summed E-state index contributed by atoms with van der Waals surface area (Å²) in [6.07, 6.45) is 16.8. The maximum absolute atomic E-state index is 4.27. The van der Waals surface area contributed by atoms with E-state index in [-0.39, 0.29) is 36.5 Å². The van der Waals surface area contributed by atoms with Gasteiger partial charge in [-0.1, -0.05) is 90.9 Å². The smallest absolute Gasteiger partial charge is 1.00 e. The fourth-order valence-electron chi connectivity index (χ4n) is 2.22. The zero-order valence-electron chi connectivity index (χ0n) is 12.9. The molecule has 0 N–H and O–H groups in total. The Kier molecular flexibility index (Phi) is 27.4. The maximum atomic E-state index is 4.27. The van der Waals surface area contributed by atoms with Crippen LogP contribution in [0.25, 0.3) is 0 Å². The third-order valence-electron chi connectivity index (χ3n) is 3.43. The van der Waals surface area contributed by atoms with E-state index in [1.165, 1.54) is 77.0 Å². The summed E-state index contributed by atoms with van der Waals surface area (Å²) >= 11 is 0. The van der Waals surface area contributed by atoms with Crippen LogP contribution in [0.2, 0.25) is 0 Å². The average molecular weight is 371 g/mol. The van der Waals surface area contributed by atoms with Gasteiger partial charge in [0.05, 0.1) is 0 Å². The van der Waals surface area contributed by atoms with E-state index >= 15 is 0 Å². The van der Waals surface area contributed by atoms with Gasteiger partial charge in [0.2, 0.25) is 0 Å². The molecule has 0 heterocycles. The van der Waals surface area contributed by atoms with E-state index in [9.17, 15) is 0 Å². The van der Waals surface area contributed by atoms with Crippen LogP contribution in [-0.2, 0) is 19.5 Å². The molecule has 1 unspecified atom stereocenters. The van der Waals surface area contributed by atoms with Crippen LogP contribution >= 0.6 is 0 Å². The number of unbranched alkanes of at least 4 members (excludes halogenated alkanes) is 8. The van der Waals surface area contributed by atoms with Gasteiger partial charge in [-0.15, -0.1) is 0 Å². The van der Waals surface area contributed by atoms with Crippen molar-refractivity contribution in [1.82, 2.24) is 0 Å². The summed E-state index contributed by atoms with van der Waals surface area (Å²) in [4.78, 5) is 0. The SMILES string of the molecule is [Br-].[CH2-]C(CCCCCC)CCCCCCCC.[Zn+2]. The molecule has 0 amide bonds. The first-order valence-electron chi connectivity index (χ1n) is 7.64. The van der Waals surface area contributed by atoms with E-state index in [2.05, 4.69) is 20.8 Å². The van der Waals surface area contributed by atoms with Crippen LogP contribution in [0.5, 0.6) is 0 Å². The third kappa shape index (κ3) is 19.4. The quantitative estimate of drug-likeness (QED) is 0.281. The molecular weight excluding hydrogens is 337 g/mol. The number of hydrogen-bond donors (Lipinski definition) is 0. The van der Waals surface area contributed by atoms with Crippen LogP contribution in [-0.4, -0.2) is 0 Å². The summed E-state index contributed by atoms with van der Waals surface area (Å²) in [5, 5.41) is 0. The molecule has 0 aliphatic heterocycles. The second kappa shape index (κ2) is 20.4. The van der Waals surface area contributed by atoms with Crippen LogP contribution < -0.4 is 17.0 Å². The summed E-state index contributed by atoms with van der Waals surface area (Å²) in [6.45, 7) is 8.83. The Morgan fingerprint density at radius 1 is 0.667 bits per heavy atom. The molecule has 0 saturated heterocycles. The van der Waals surface area contributed by atoms with E-state index in [0.29, 0.717) is 0 Å². The van der Waals surface area contributed by atoms with E-state index < -0.39 is 0 Å². The van der Waals surface area contributed by atoms with Crippen molar-refractivity contribution in [3.63, 3.8) is 0 Å². The molecule has 106 valence electrons. The van der Waals surface area contributed by atoms with E-state index in [1.807, 2.05) is 0 Å². The van der Waals surface area contributed by atoms with Crippen LogP contribution in [0.3, 0.4) is 0 Å². The Hall–Kier alpha value is 1.10. The molecule has 0 fully saturated rings. The molecule has 0 aromatic carbocycles. The predicted octanol–water partition coefficient (Wildman–Crippen LogP) is 3.16. The molecule has 1 atom stereocenters. The van der Waals surface area contributed by atoms with Gasteiger partial charge in [0, 0.05) is 0 Å². The summed E-state index contributed by atoms with van der Waals surface area (Å²) < 4.78 is 0. The summed E-state index contributed by atoms with van der Waals surface area (Å²) in [7, 11) is 0. The topological polar surface area (TPSA) is 0 Å². The third-order valence-corrected chi connectivity index (χ3v) is 3.43. The first kappa shape index (κ1) is 24.1. The van der Waals surface area contributed by atoms with Gasteiger partial charge >= 0.3 is 19.5 Å². The molecule has 0 aliphatic rings. The normalized spacial score (nSPS) is 11.5. The van der Waals surface area contributed by atoms with Crippen LogP contribution in [0, 0.1) is 12.8 Å². The molecule has 0 aliphatic carbocycles. The van der Waals surface area contributed by atoms with Crippen molar-refractivity contribution in [3.8, 4) is 0 Å². The molecule has 0 spiro atoms. The minimum absolute atomic E-state index is 0. The van der Waals surface area contributed by atoms with Crippen molar-refractivity contribution in [2.45, 2.75) is 90.9 Å². The first-order chi connectivity index (χ1) is 7.81. The molecule has 0 aromatic rings. The molecule has 0 bridgehead atoms. The van der Waals surface area contributed by atoms with Crippen molar-refractivity contribution < 1.29 is 36.5 Å². The molecule has 18 heavy (non-hydrogen) atoms. The molecular formula is C16H33BrZn. The fourth-order valence-corrected chi connectivity index (χ4v) is 2.22. The Bertz CT molecular complexity index is 128. The second-order valence-electron chi connectivity index (χ2n) is 5.27. The van der Waals surface area contributed by atoms with Crippen molar-refractivity contribution in [3.05, 3.63) is 6.92 Å². The first-order valence-corrected chi connectivity index (χ1v) is 7.64. The average Bonchev–Trinajstić information content (AvgIpc) is 2.29. The molecule has 2 heteroatoms. The molecule has 0 saturated carbocycles. The largest absolute Gasteiger partial charge is 2.00 e. The van der Waals surface area contributed by atoms with Gasteiger partial charge in [-0.05, 0) is 0 Å². The van der Waals surface area contributed by atoms with Crippen molar-refractivity contribution in [2.24, 2.45) is 5.92 Å². The van der Waals surface area contributed by atoms with Gasteiger partial charge in [0.25, 0.3) is 0 Å². The Morgan fingerprint density at radius 2 is 1.00 bits per heavy atom. The van der Waals surface area contributed by atoms with Crippen molar-refractivity contribution >= 4 is 0 Å². The van der Waals surface area contributed by atoms with Crippen molar-refractivity contribution in [1.29, 1.82) is 0 Å². The summed E-state index contributed by atoms with van der Waals surface area (Å²) in [5.74, 6) is 0.725. The second-order valence-corrected chi connectivity index (χ2v) is 5.27. The predicted molar refractivity (Wildman–Crippen MR) is 75.6 cm³/mol. The monoisotopic (exact) mass is 368 g/mol. The van der Waals surface area contributed by atoms with Gasteiger partial charge in [-0.2, -0.15) is 5.92 Å². The fraction of sp³-hybridized carbons (Fsp3) is 0.938. The minimum Gasteiger partial charge on any atom is -1.00 e. The van der Waals surface area contributed by atoms with E-state index in [4.69, 9.17) is 0 Å². The zero-order chi connectivity index (χ0) is 12.1.